The quantitative estimate of drug-likeness (QED) is 0.763. The Hall–Kier alpha value is -1.00. The third kappa shape index (κ3) is 3.05. The first kappa shape index (κ1) is 11.1. The van der Waals surface area contributed by atoms with Crippen LogP contribution in [0.4, 0.5) is 0 Å². The maximum absolute atomic E-state index is 5.33. The number of rotatable bonds is 5. The summed E-state index contributed by atoms with van der Waals surface area (Å²) in [5, 5.41) is 3.12. The average molecular weight is 195 g/mol. The van der Waals surface area contributed by atoms with Gasteiger partial charge in [-0.05, 0) is 26.5 Å². The lowest BCUT2D eigenvalue weighted by atomic mass is 10.3. The second-order valence-corrected chi connectivity index (χ2v) is 3.12. The van der Waals surface area contributed by atoms with Crippen molar-refractivity contribution in [1.29, 1.82) is 0 Å². The molecule has 1 unspecified atom stereocenters. The molecular formula is C10H17N3O. The Morgan fingerprint density at radius 1 is 1.43 bits per heavy atom. The van der Waals surface area contributed by atoms with Gasteiger partial charge in [-0.15, -0.1) is 0 Å². The molecule has 1 atom stereocenters. The first-order valence-corrected chi connectivity index (χ1v) is 4.81. The van der Waals surface area contributed by atoms with E-state index in [-0.39, 0.29) is 6.04 Å². The summed E-state index contributed by atoms with van der Waals surface area (Å²) in [5.74, 6) is 0.784. The van der Waals surface area contributed by atoms with E-state index in [2.05, 4.69) is 15.3 Å². The lowest BCUT2D eigenvalue weighted by molar-refractivity contribution is 0.123. The molecule has 0 saturated carbocycles. The van der Waals surface area contributed by atoms with Gasteiger partial charge in [-0.1, -0.05) is 0 Å². The zero-order chi connectivity index (χ0) is 10.4. The van der Waals surface area contributed by atoms with Crippen LogP contribution in [0.15, 0.2) is 12.4 Å². The summed E-state index contributed by atoms with van der Waals surface area (Å²) in [6, 6.07) is 0.0792. The van der Waals surface area contributed by atoms with E-state index in [0.717, 1.165) is 11.4 Å². The molecule has 78 valence electrons. The van der Waals surface area contributed by atoms with Gasteiger partial charge in [0.25, 0.3) is 0 Å². The Morgan fingerprint density at radius 2 is 2.07 bits per heavy atom. The fourth-order valence-electron chi connectivity index (χ4n) is 1.11. The van der Waals surface area contributed by atoms with E-state index in [4.69, 9.17) is 4.74 Å². The van der Waals surface area contributed by atoms with Crippen LogP contribution in [-0.2, 0) is 4.74 Å². The van der Waals surface area contributed by atoms with Gasteiger partial charge in [0.05, 0.1) is 12.6 Å². The average Bonchev–Trinajstić information content (AvgIpc) is 2.21. The van der Waals surface area contributed by atoms with E-state index in [1.165, 1.54) is 0 Å². The summed E-state index contributed by atoms with van der Waals surface area (Å²) in [4.78, 5) is 8.50. The van der Waals surface area contributed by atoms with Crippen LogP contribution in [0.5, 0.6) is 0 Å². The summed E-state index contributed by atoms with van der Waals surface area (Å²) in [6.45, 7) is 5.27. The van der Waals surface area contributed by atoms with E-state index < -0.39 is 0 Å². The highest BCUT2D eigenvalue weighted by Crippen LogP contribution is 2.06. The summed E-state index contributed by atoms with van der Waals surface area (Å²) >= 11 is 0. The van der Waals surface area contributed by atoms with Gasteiger partial charge in [0.1, 0.15) is 5.82 Å². The lowest BCUT2D eigenvalue weighted by Crippen LogP contribution is -2.24. The summed E-state index contributed by atoms with van der Waals surface area (Å²) in [7, 11) is 1.88. The van der Waals surface area contributed by atoms with Gasteiger partial charge < -0.3 is 10.1 Å². The van der Waals surface area contributed by atoms with Crippen molar-refractivity contribution in [1.82, 2.24) is 15.3 Å². The normalized spacial score (nSPS) is 12.8. The Kier molecular flexibility index (Phi) is 4.49. The first-order chi connectivity index (χ1) is 6.77. The van der Waals surface area contributed by atoms with Crippen molar-refractivity contribution in [2.24, 2.45) is 0 Å². The van der Waals surface area contributed by atoms with Gasteiger partial charge in [-0.3, -0.25) is 0 Å². The number of likely N-dealkylation sites (N-methyl/N-ethyl adjacent to an activating group) is 1. The summed E-state index contributed by atoms with van der Waals surface area (Å²) < 4.78 is 5.33. The molecule has 4 nitrogen and oxygen atoms in total. The molecule has 0 saturated heterocycles. The van der Waals surface area contributed by atoms with Gasteiger partial charge in [0, 0.05) is 19.0 Å². The fraction of sp³-hybridized carbons (Fsp3) is 0.600. The van der Waals surface area contributed by atoms with E-state index >= 15 is 0 Å². The highest BCUT2D eigenvalue weighted by Gasteiger charge is 2.11. The van der Waals surface area contributed by atoms with Crippen molar-refractivity contribution in [3.8, 4) is 0 Å². The van der Waals surface area contributed by atoms with Crippen molar-refractivity contribution in [2.45, 2.75) is 19.9 Å². The summed E-state index contributed by atoms with van der Waals surface area (Å²) in [6.07, 6.45) is 3.64. The van der Waals surface area contributed by atoms with Gasteiger partial charge in [-0.2, -0.15) is 0 Å². The van der Waals surface area contributed by atoms with Crippen LogP contribution in [0.25, 0.3) is 0 Å². The van der Waals surface area contributed by atoms with Crippen LogP contribution < -0.4 is 5.32 Å². The number of nitrogens with one attached hydrogen (secondary N) is 1. The first-order valence-electron chi connectivity index (χ1n) is 4.81. The minimum Gasteiger partial charge on any atom is -0.380 e. The van der Waals surface area contributed by atoms with Gasteiger partial charge in [-0.25, -0.2) is 9.97 Å². The molecule has 1 aromatic heterocycles. The Morgan fingerprint density at radius 3 is 2.57 bits per heavy atom. The second-order valence-electron chi connectivity index (χ2n) is 3.12. The maximum atomic E-state index is 5.33. The predicted octanol–water partition coefficient (Wildman–Crippen LogP) is 1.08. The van der Waals surface area contributed by atoms with Crippen LogP contribution in [0, 0.1) is 6.92 Å². The SMILES string of the molecule is CCOCC(NC)c1ncc(C)cn1. The second kappa shape index (κ2) is 5.67. The standard InChI is InChI=1S/C10H17N3O/c1-4-14-7-9(11-3)10-12-5-8(2)6-13-10/h5-6,9,11H,4,7H2,1-3H3. The molecule has 14 heavy (non-hydrogen) atoms. The zero-order valence-corrected chi connectivity index (χ0v) is 8.95. The minimum atomic E-state index is 0.0792. The largest absolute Gasteiger partial charge is 0.380 e. The number of hydrogen-bond acceptors (Lipinski definition) is 4. The van der Waals surface area contributed by atoms with Gasteiger partial charge >= 0.3 is 0 Å². The van der Waals surface area contributed by atoms with E-state index in [1.54, 1.807) is 0 Å². The molecule has 1 N–H and O–H groups in total. The molecule has 0 aliphatic carbocycles. The number of nitrogens with zero attached hydrogens (tertiary/aromatic N) is 2. The Bertz CT molecular complexity index is 261. The monoisotopic (exact) mass is 195 g/mol. The number of hydrogen-bond donors (Lipinski definition) is 1. The Labute approximate surface area is 84.7 Å². The maximum Gasteiger partial charge on any atom is 0.147 e. The molecule has 4 heteroatoms. The van der Waals surface area contributed by atoms with Crippen molar-refractivity contribution in [3.05, 3.63) is 23.8 Å². The molecule has 1 rings (SSSR count). The minimum absolute atomic E-state index is 0.0792. The molecule has 0 fully saturated rings. The van der Waals surface area contributed by atoms with Crippen molar-refractivity contribution < 1.29 is 4.74 Å². The van der Waals surface area contributed by atoms with Crippen molar-refractivity contribution in [3.63, 3.8) is 0 Å². The smallest absolute Gasteiger partial charge is 0.147 e. The summed E-state index contributed by atoms with van der Waals surface area (Å²) in [5.41, 5.74) is 1.07. The number of aryl methyl sites for hydroxylation is 1. The molecule has 0 amide bonds. The molecule has 0 radical (unpaired) electrons. The molecule has 0 bridgehead atoms. The molecule has 0 aliphatic heterocycles. The highest BCUT2D eigenvalue weighted by molar-refractivity contribution is 5.04. The van der Waals surface area contributed by atoms with Crippen LogP contribution in [0.2, 0.25) is 0 Å². The van der Waals surface area contributed by atoms with Crippen molar-refractivity contribution >= 4 is 0 Å². The molecule has 1 aromatic rings. The topological polar surface area (TPSA) is 47.0 Å². The van der Waals surface area contributed by atoms with E-state index in [1.807, 2.05) is 33.3 Å². The third-order valence-electron chi connectivity index (χ3n) is 1.95. The third-order valence-corrected chi connectivity index (χ3v) is 1.95. The molecule has 0 spiro atoms. The van der Waals surface area contributed by atoms with Crippen LogP contribution in [0.3, 0.4) is 0 Å². The van der Waals surface area contributed by atoms with Gasteiger partial charge in [0.15, 0.2) is 0 Å². The zero-order valence-electron chi connectivity index (χ0n) is 8.95. The molecule has 1 heterocycles. The van der Waals surface area contributed by atoms with Crippen LogP contribution >= 0.6 is 0 Å². The van der Waals surface area contributed by atoms with E-state index in [0.29, 0.717) is 13.2 Å². The predicted molar refractivity (Wildman–Crippen MR) is 55.1 cm³/mol. The molecule has 0 aromatic carbocycles. The molecule has 0 aliphatic rings. The van der Waals surface area contributed by atoms with Crippen molar-refractivity contribution in [2.75, 3.05) is 20.3 Å². The number of aromatic nitrogens is 2. The van der Waals surface area contributed by atoms with Crippen LogP contribution in [0.1, 0.15) is 24.4 Å². The Balaban J connectivity index is 2.64. The van der Waals surface area contributed by atoms with Crippen LogP contribution in [-0.4, -0.2) is 30.2 Å². The molecular weight excluding hydrogens is 178 g/mol. The van der Waals surface area contributed by atoms with E-state index in [9.17, 15) is 0 Å². The number of ether oxygens (including phenoxy) is 1. The lowest BCUT2D eigenvalue weighted by Gasteiger charge is -2.13. The van der Waals surface area contributed by atoms with Gasteiger partial charge in [0.2, 0.25) is 0 Å². The fourth-order valence-corrected chi connectivity index (χ4v) is 1.11. The highest BCUT2D eigenvalue weighted by atomic mass is 16.5.